The summed E-state index contributed by atoms with van der Waals surface area (Å²) in [5, 5.41) is 3.85. The van der Waals surface area contributed by atoms with Crippen molar-refractivity contribution in [2.24, 2.45) is 0 Å². The third kappa shape index (κ3) is 5.72. The molecule has 5 aromatic rings. The first kappa shape index (κ1) is 29.5. The van der Waals surface area contributed by atoms with Crippen LogP contribution >= 0.6 is 12.4 Å². The molecule has 0 aliphatic carbocycles. The number of amides is 3. The van der Waals surface area contributed by atoms with Gasteiger partial charge in [-0.2, -0.15) is 0 Å². The number of benzene rings is 4. The number of carbonyl (C=O) groups excluding carboxylic acids is 3. The van der Waals surface area contributed by atoms with E-state index in [1.807, 2.05) is 91.9 Å². The molecule has 6 rings (SSSR count). The van der Waals surface area contributed by atoms with E-state index in [1.54, 1.807) is 24.3 Å². The van der Waals surface area contributed by atoms with E-state index in [-0.39, 0.29) is 49.3 Å². The lowest BCUT2D eigenvalue weighted by molar-refractivity contribution is 0.0629. The van der Waals surface area contributed by atoms with Gasteiger partial charge in [0.2, 0.25) is 0 Å². The van der Waals surface area contributed by atoms with Crippen LogP contribution in [0, 0.1) is 0 Å². The van der Waals surface area contributed by atoms with Crippen molar-refractivity contribution in [1.82, 2.24) is 15.2 Å². The fraction of sp³-hybridized carbons (Fsp3) is 0.143. The second-order valence-corrected chi connectivity index (χ2v) is 10.0. The quantitative estimate of drug-likeness (QED) is 0.189. The molecule has 0 spiro atoms. The molecule has 0 radical (unpaired) electrons. The van der Waals surface area contributed by atoms with E-state index in [4.69, 9.17) is 9.72 Å². The lowest BCUT2D eigenvalue weighted by Gasteiger charge is -2.22. The monoisotopic (exact) mass is 591 g/mol. The van der Waals surface area contributed by atoms with Gasteiger partial charge in [0, 0.05) is 10.9 Å². The van der Waals surface area contributed by atoms with E-state index in [1.165, 1.54) is 4.90 Å². The Morgan fingerprint density at radius 3 is 2.05 bits per heavy atom. The maximum Gasteiger partial charge on any atom is 0.261 e. The highest BCUT2D eigenvalue weighted by molar-refractivity contribution is 6.21. The first-order valence-electron chi connectivity index (χ1n) is 14.0. The zero-order chi connectivity index (χ0) is 29.1. The average molecular weight is 592 g/mol. The number of nitrogens with one attached hydrogen (secondary N) is 1. The third-order valence-electron chi connectivity index (χ3n) is 7.48. The molecule has 4 aromatic carbocycles. The number of ether oxygens (including phenoxy) is 1. The summed E-state index contributed by atoms with van der Waals surface area (Å²) in [7, 11) is 0. The molecule has 0 fully saturated rings. The van der Waals surface area contributed by atoms with Gasteiger partial charge in [-0.05, 0) is 30.2 Å². The molecule has 0 saturated heterocycles. The maximum atomic E-state index is 14.1. The van der Waals surface area contributed by atoms with Gasteiger partial charge in [0.25, 0.3) is 17.7 Å². The lowest BCUT2D eigenvalue weighted by Crippen LogP contribution is -2.34. The molecule has 7 nitrogen and oxygen atoms in total. The van der Waals surface area contributed by atoms with Gasteiger partial charge in [-0.15, -0.1) is 12.4 Å². The van der Waals surface area contributed by atoms with E-state index in [0.717, 1.165) is 11.1 Å². The molecule has 1 aliphatic rings. The summed E-state index contributed by atoms with van der Waals surface area (Å²) in [6.07, 6.45) is 0.695. The fourth-order valence-corrected chi connectivity index (χ4v) is 5.37. The van der Waals surface area contributed by atoms with Crippen LogP contribution in [0.1, 0.15) is 56.0 Å². The molecule has 2 heterocycles. The highest BCUT2D eigenvalue weighted by atomic mass is 35.5. The van der Waals surface area contributed by atoms with Crippen molar-refractivity contribution < 1.29 is 19.1 Å². The van der Waals surface area contributed by atoms with Gasteiger partial charge in [0.05, 0.1) is 34.8 Å². The molecular formula is C35H30ClN3O4. The number of hydrogen-bond donors (Lipinski definition) is 1. The molecular weight excluding hydrogens is 562 g/mol. The van der Waals surface area contributed by atoms with Crippen LogP contribution in [0.15, 0.2) is 109 Å². The number of rotatable bonds is 9. The molecule has 1 unspecified atom stereocenters. The first-order valence-corrected chi connectivity index (χ1v) is 14.0. The second-order valence-electron chi connectivity index (χ2n) is 10.0. The van der Waals surface area contributed by atoms with Crippen LogP contribution in [-0.4, -0.2) is 40.8 Å². The molecule has 1 aliphatic heterocycles. The van der Waals surface area contributed by atoms with E-state index < -0.39 is 0 Å². The zero-order valence-corrected chi connectivity index (χ0v) is 24.3. The van der Waals surface area contributed by atoms with Gasteiger partial charge in [0.1, 0.15) is 12.3 Å². The molecule has 43 heavy (non-hydrogen) atoms. The van der Waals surface area contributed by atoms with Crippen LogP contribution in [0.3, 0.4) is 0 Å². The van der Waals surface area contributed by atoms with Crippen molar-refractivity contribution in [3.8, 4) is 17.0 Å². The lowest BCUT2D eigenvalue weighted by atomic mass is 10.00. The molecule has 0 bridgehead atoms. The van der Waals surface area contributed by atoms with Crippen molar-refractivity contribution in [2.45, 2.75) is 19.4 Å². The maximum absolute atomic E-state index is 14.1. The number of halogens is 1. The Morgan fingerprint density at radius 2 is 1.40 bits per heavy atom. The third-order valence-corrected chi connectivity index (χ3v) is 7.48. The van der Waals surface area contributed by atoms with Crippen LogP contribution in [0.25, 0.3) is 22.2 Å². The highest BCUT2D eigenvalue weighted by Crippen LogP contribution is 2.37. The standard InChI is InChI=1S/C35H29N3O4.ClH/c1-2-28(23-13-5-3-6-14-23)37-33(39)30-27-19-11-12-20-29(27)36-31(24-15-7-4-8-16-24)32(30)42-22-21-38-34(40)25-17-9-10-18-26(25)35(38)41;/h3-20,28H,2,21-22H2,1H3,(H,37,39);1H. The fourth-order valence-electron chi connectivity index (χ4n) is 5.37. The minimum Gasteiger partial charge on any atom is -0.489 e. The Labute approximate surface area is 255 Å². The molecule has 8 heteroatoms. The molecule has 3 amide bonds. The summed E-state index contributed by atoms with van der Waals surface area (Å²) in [5.41, 5.74) is 4.07. The van der Waals surface area contributed by atoms with Gasteiger partial charge in [-0.25, -0.2) is 4.98 Å². The number of pyridine rings is 1. The number of aromatic nitrogens is 1. The summed E-state index contributed by atoms with van der Waals surface area (Å²) in [5.74, 6) is -0.703. The van der Waals surface area contributed by atoms with Crippen LogP contribution < -0.4 is 10.1 Å². The average Bonchev–Trinajstić information content (AvgIpc) is 3.28. The zero-order valence-electron chi connectivity index (χ0n) is 23.5. The van der Waals surface area contributed by atoms with Crippen molar-refractivity contribution in [1.29, 1.82) is 0 Å². The van der Waals surface area contributed by atoms with Gasteiger partial charge in [0.15, 0.2) is 5.75 Å². The first-order chi connectivity index (χ1) is 20.6. The van der Waals surface area contributed by atoms with E-state index in [9.17, 15) is 14.4 Å². The van der Waals surface area contributed by atoms with Crippen LogP contribution in [0.2, 0.25) is 0 Å². The van der Waals surface area contributed by atoms with Gasteiger partial charge < -0.3 is 10.1 Å². The van der Waals surface area contributed by atoms with Crippen molar-refractivity contribution >= 4 is 41.0 Å². The molecule has 0 saturated carbocycles. The molecule has 1 N–H and O–H groups in total. The minimum atomic E-state index is -0.356. The normalized spacial score (nSPS) is 12.9. The highest BCUT2D eigenvalue weighted by Gasteiger charge is 2.35. The van der Waals surface area contributed by atoms with E-state index in [2.05, 4.69) is 5.32 Å². The molecule has 1 aromatic heterocycles. The largest absolute Gasteiger partial charge is 0.489 e. The minimum absolute atomic E-state index is 0. The predicted octanol–water partition coefficient (Wildman–Crippen LogP) is 6.88. The summed E-state index contributed by atoms with van der Waals surface area (Å²) >= 11 is 0. The van der Waals surface area contributed by atoms with Gasteiger partial charge >= 0.3 is 0 Å². The van der Waals surface area contributed by atoms with Crippen LogP contribution in [0.5, 0.6) is 5.75 Å². The van der Waals surface area contributed by atoms with Gasteiger partial charge in [-0.1, -0.05) is 97.9 Å². The van der Waals surface area contributed by atoms with Crippen LogP contribution in [0.4, 0.5) is 0 Å². The Balaban J connectivity index is 0.00000368. The number of para-hydroxylation sites is 1. The predicted molar refractivity (Wildman–Crippen MR) is 169 cm³/mol. The number of carbonyl (C=O) groups is 3. The Morgan fingerprint density at radius 1 is 0.814 bits per heavy atom. The number of nitrogens with zero attached hydrogens (tertiary/aromatic N) is 2. The Hall–Kier alpha value is -5.01. The van der Waals surface area contributed by atoms with E-state index >= 15 is 0 Å². The SMILES string of the molecule is CCC(NC(=O)c1c(OCCN2C(=O)c3ccccc3C2=O)c(-c2ccccc2)nc2ccccc12)c1ccccc1.Cl. The Kier molecular flexibility index (Phi) is 8.83. The van der Waals surface area contributed by atoms with Crippen molar-refractivity contribution in [3.05, 3.63) is 131 Å². The smallest absolute Gasteiger partial charge is 0.261 e. The Bertz CT molecular complexity index is 1760. The summed E-state index contributed by atoms with van der Waals surface area (Å²) < 4.78 is 6.36. The summed E-state index contributed by atoms with van der Waals surface area (Å²) in [4.78, 5) is 46.1. The topological polar surface area (TPSA) is 88.6 Å². The number of fused-ring (bicyclic) bond motifs is 2. The second kappa shape index (κ2) is 12.9. The van der Waals surface area contributed by atoms with E-state index in [0.29, 0.717) is 45.5 Å². The number of hydrogen-bond acceptors (Lipinski definition) is 5. The summed E-state index contributed by atoms with van der Waals surface area (Å²) in [6.45, 7) is 2.04. The van der Waals surface area contributed by atoms with Gasteiger partial charge in [-0.3, -0.25) is 19.3 Å². The van der Waals surface area contributed by atoms with Crippen molar-refractivity contribution in [3.63, 3.8) is 0 Å². The molecule has 1 atom stereocenters. The summed E-state index contributed by atoms with van der Waals surface area (Å²) in [6, 6.07) is 33.4. The number of imide groups is 1. The molecule has 216 valence electrons. The van der Waals surface area contributed by atoms with Crippen LogP contribution in [-0.2, 0) is 0 Å². The van der Waals surface area contributed by atoms with Crippen molar-refractivity contribution in [2.75, 3.05) is 13.2 Å².